The third-order valence-electron chi connectivity index (χ3n) is 3.47. The number of rotatable bonds is 5. The summed E-state index contributed by atoms with van der Waals surface area (Å²) in [6.07, 6.45) is 3.95. The van der Waals surface area contributed by atoms with Crippen molar-refractivity contribution >= 4 is 5.69 Å². The van der Waals surface area contributed by atoms with Gasteiger partial charge in [0.15, 0.2) is 0 Å². The quantitative estimate of drug-likeness (QED) is 0.797. The number of nitrogens with one attached hydrogen (secondary N) is 1. The lowest BCUT2D eigenvalue weighted by molar-refractivity contribution is 0.453. The molecule has 1 fully saturated rings. The number of nitrogens with two attached hydrogens (primary N) is 1. The van der Waals surface area contributed by atoms with Gasteiger partial charge in [-0.3, -0.25) is 0 Å². The number of benzene rings is 1. The largest absolute Gasteiger partial charge is 0.378 e. The molecule has 0 amide bonds. The third kappa shape index (κ3) is 2.76. The highest BCUT2D eigenvalue weighted by atomic mass is 15.0. The SMILES string of the molecule is Cc1ccccc1NC(C)(CN)CC1CC1. The van der Waals surface area contributed by atoms with Gasteiger partial charge in [-0.1, -0.05) is 31.0 Å². The molecule has 1 unspecified atom stereocenters. The monoisotopic (exact) mass is 218 g/mol. The summed E-state index contributed by atoms with van der Waals surface area (Å²) in [7, 11) is 0. The molecule has 0 aliphatic heterocycles. The molecule has 2 rings (SSSR count). The second kappa shape index (κ2) is 4.46. The number of anilines is 1. The molecule has 1 saturated carbocycles. The average Bonchev–Trinajstić information content (AvgIpc) is 3.05. The van der Waals surface area contributed by atoms with Crippen molar-refractivity contribution in [3.05, 3.63) is 29.8 Å². The molecule has 0 saturated heterocycles. The van der Waals surface area contributed by atoms with E-state index in [-0.39, 0.29) is 5.54 Å². The zero-order valence-electron chi connectivity index (χ0n) is 10.3. The Morgan fingerprint density at radius 3 is 2.62 bits per heavy atom. The molecule has 0 radical (unpaired) electrons. The van der Waals surface area contributed by atoms with E-state index in [0.29, 0.717) is 6.54 Å². The molecule has 0 aromatic heterocycles. The molecule has 0 heterocycles. The van der Waals surface area contributed by atoms with E-state index in [1.54, 1.807) is 0 Å². The van der Waals surface area contributed by atoms with Crippen LogP contribution >= 0.6 is 0 Å². The molecule has 1 aliphatic rings. The second-order valence-corrected chi connectivity index (χ2v) is 5.35. The summed E-state index contributed by atoms with van der Waals surface area (Å²) < 4.78 is 0. The first kappa shape index (κ1) is 11.5. The molecule has 1 aliphatic carbocycles. The normalized spacial score (nSPS) is 19.2. The van der Waals surface area contributed by atoms with Crippen LogP contribution in [0.15, 0.2) is 24.3 Å². The highest BCUT2D eigenvalue weighted by molar-refractivity contribution is 5.52. The fourth-order valence-electron chi connectivity index (χ4n) is 2.18. The second-order valence-electron chi connectivity index (χ2n) is 5.35. The van der Waals surface area contributed by atoms with Gasteiger partial charge in [-0.2, -0.15) is 0 Å². The number of para-hydroxylation sites is 1. The van der Waals surface area contributed by atoms with Gasteiger partial charge in [-0.05, 0) is 37.8 Å². The van der Waals surface area contributed by atoms with Gasteiger partial charge in [0.05, 0.1) is 0 Å². The summed E-state index contributed by atoms with van der Waals surface area (Å²) in [5, 5.41) is 3.62. The molecule has 3 N–H and O–H groups in total. The van der Waals surface area contributed by atoms with Crippen molar-refractivity contribution in [1.29, 1.82) is 0 Å². The first-order chi connectivity index (χ1) is 7.63. The Morgan fingerprint density at radius 1 is 1.38 bits per heavy atom. The van der Waals surface area contributed by atoms with E-state index in [9.17, 15) is 0 Å². The summed E-state index contributed by atoms with van der Waals surface area (Å²) >= 11 is 0. The minimum atomic E-state index is 0.0489. The van der Waals surface area contributed by atoms with Gasteiger partial charge in [0.25, 0.3) is 0 Å². The van der Waals surface area contributed by atoms with Gasteiger partial charge in [0.2, 0.25) is 0 Å². The van der Waals surface area contributed by atoms with Crippen LogP contribution in [0.2, 0.25) is 0 Å². The van der Waals surface area contributed by atoms with Gasteiger partial charge in [0.1, 0.15) is 0 Å². The van der Waals surface area contributed by atoms with Crippen molar-refractivity contribution in [2.45, 2.75) is 38.6 Å². The predicted molar refractivity (Wildman–Crippen MR) is 69.6 cm³/mol. The van der Waals surface area contributed by atoms with Crippen molar-refractivity contribution in [2.75, 3.05) is 11.9 Å². The molecule has 1 aromatic rings. The van der Waals surface area contributed by atoms with Crippen molar-refractivity contribution in [2.24, 2.45) is 11.7 Å². The smallest absolute Gasteiger partial charge is 0.0470 e. The van der Waals surface area contributed by atoms with E-state index in [1.807, 2.05) is 0 Å². The third-order valence-corrected chi connectivity index (χ3v) is 3.47. The Morgan fingerprint density at radius 2 is 2.06 bits per heavy atom. The molecule has 1 atom stereocenters. The fraction of sp³-hybridized carbons (Fsp3) is 0.571. The summed E-state index contributed by atoms with van der Waals surface area (Å²) in [6.45, 7) is 5.06. The molecule has 0 bridgehead atoms. The minimum absolute atomic E-state index is 0.0489. The van der Waals surface area contributed by atoms with Crippen molar-refractivity contribution < 1.29 is 0 Å². The topological polar surface area (TPSA) is 38.0 Å². The van der Waals surface area contributed by atoms with Crippen LogP contribution in [0.5, 0.6) is 0 Å². The van der Waals surface area contributed by atoms with Crippen LogP contribution in [0.4, 0.5) is 5.69 Å². The molecule has 1 aromatic carbocycles. The van der Waals surface area contributed by atoms with Crippen LogP contribution in [0.25, 0.3) is 0 Å². The van der Waals surface area contributed by atoms with E-state index in [0.717, 1.165) is 5.92 Å². The van der Waals surface area contributed by atoms with E-state index in [4.69, 9.17) is 5.73 Å². The Labute approximate surface area is 98.2 Å². The molecule has 2 heteroatoms. The summed E-state index contributed by atoms with van der Waals surface area (Å²) in [6, 6.07) is 8.41. The average molecular weight is 218 g/mol. The lowest BCUT2D eigenvalue weighted by Crippen LogP contribution is -2.43. The maximum atomic E-state index is 5.92. The maximum Gasteiger partial charge on any atom is 0.0470 e. The maximum absolute atomic E-state index is 5.92. The lowest BCUT2D eigenvalue weighted by atomic mass is 9.94. The van der Waals surface area contributed by atoms with E-state index >= 15 is 0 Å². The summed E-state index contributed by atoms with van der Waals surface area (Å²) in [5.74, 6) is 0.894. The number of hydrogen-bond acceptors (Lipinski definition) is 2. The van der Waals surface area contributed by atoms with Gasteiger partial charge < -0.3 is 11.1 Å². The van der Waals surface area contributed by atoms with Crippen LogP contribution in [-0.2, 0) is 0 Å². The first-order valence-electron chi connectivity index (χ1n) is 6.17. The van der Waals surface area contributed by atoms with Crippen LogP contribution in [0.1, 0.15) is 31.7 Å². The Hall–Kier alpha value is -1.02. The lowest BCUT2D eigenvalue weighted by Gasteiger charge is -2.31. The number of aryl methyl sites for hydroxylation is 1. The summed E-state index contributed by atoms with van der Waals surface area (Å²) in [4.78, 5) is 0. The van der Waals surface area contributed by atoms with Crippen LogP contribution in [0, 0.1) is 12.8 Å². The molecule has 2 nitrogen and oxygen atoms in total. The Balaban J connectivity index is 2.07. The zero-order chi connectivity index (χ0) is 11.6. The minimum Gasteiger partial charge on any atom is -0.378 e. The van der Waals surface area contributed by atoms with Crippen LogP contribution in [-0.4, -0.2) is 12.1 Å². The van der Waals surface area contributed by atoms with E-state index in [1.165, 1.54) is 30.5 Å². The van der Waals surface area contributed by atoms with Crippen molar-refractivity contribution in [1.82, 2.24) is 0 Å². The Kier molecular flexibility index (Phi) is 3.20. The summed E-state index contributed by atoms with van der Waals surface area (Å²) in [5.41, 5.74) is 8.48. The predicted octanol–water partition coefficient (Wildman–Crippen LogP) is 2.92. The zero-order valence-corrected chi connectivity index (χ0v) is 10.3. The van der Waals surface area contributed by atoms with Crippen molar-refractivity contribution in [3.63, 3.8) is 0 Å². The van der Waals surface area contributed by atoms with E-state index in [2.05, 4.69) is 43.4 Å². The standard InChI is InChI=1S/C14H22N2/c1-11-5-3-4-6-13(11)16-14(2,10-15)9-12-7-8-12/h3-6,12,16H,7-10,15H2,1-2H3. The molecule has 16 heavy (non-hydrogen) atoms. The van der Waals surface area contributed by atoms with Gasteiger partial charge in [-0.25, -0.2) is 0 Å². The highest BCUT2D eigenvalue weighted by Crippen LogP contribution is 2.37. The molecular weight excluding hydrogens is 196 g/mol. The van der Waals surface area contributed by atoms with Gasteiger partial charge >= 0.3 is 0 Å². The number of hydrogen-bond donors (Lipinski definition) is 2. The first-order valence-corrected chi connectivity index (χ1v) is 6.17. The van der Waals surface area contributed by atoms with Crippen LogP contribution in [0.3, 0.4) is 0 Å². The van der Waals surface area contributed by atoms with E-state index < -0.39 is 0 Å². The van der Waals surface area contributed by atoms with Gasteiger partial charge in [-0.15, -0.1) is 0 Å². The van der Waals surface area contributed by atoms with Crippen molar-refractivity contribution in [3.8, 4) is 0 Å². The Bertz CT molecular complexity index is 358. The van der Waals surface area contributed by atoms with Crippen LogP contribution < -0.4 is 11.1 Å². The highest BCUT2D eigenvalue weighted by Gasteiger charge is 2.32. The molecule has 0 spiro atoms. The molecule has 88 valence electrons. The van der Waals surface area contributed by atoms with Gasteiger partial charge in [0, 0.05) is 17.8 Å². The fourth-order valence-corrected chi connectivity index (χ4v) is 2.18. The molecular formula is C14H22N2.